The molecular weight excluding hydrogens is 454 g/mol. The lowest BCUT2D eigenvalue weighted by Crippen LogP contribution is -2.26. The second-order valence-electron chi connectivity index (χ2n) is 7.71. The molecule has 0 aromatic heterocycles. The Balaban J connectivity index is 1.82. The number of carbonyl (C=O) groups excluding carboxylic acids is 1. The van der Waals surface area contributed by atoms with Crippen molar-refractivity contribution in [2.24, 2.45) is 11.8 Å². The Morgan fingerprint density at radius 3 is 2.29 bits per heavy atom. The minimum atomic E-state index is -4.56. The number of nitrogens with one attached hydrogen (secondary N) is 1. The molecule has 2 atom stereocenters. The third-order valence-corrected chi connectivity index (χ3v) is 5.86. The zero-order valence-corrected chi connectivity index (χ0v) is 17.8. The fourth-order valence-corrected chi connectivity index (χ4v) is 3.80. The zero-order chi connectivity index (χ0) is 22.8. The topological polar surface area (TPSA) is 66.4 Å². The summed E-state index contributed by atoms with van der Waals surface area (Å²) < 4.78 is 39.4. The molecule has 2 aromatic carbocycles. The molecule has 0 heterocycles. The molecule has 0 aliphatic heterocycles. The van der Waals surface area contributed by atoms with Crippen molar-refractivity contribution in [1.82, 2.24) is 0 Å². The quantitative estimate of drug-likeness (QED) is 0.471. The highest BCUT2D eigenvalue weighted by Crippen LogP contribution is 2.39. The number of aliphatic carboxylic acids is 1. The van der Waals surface area contributed by atoms with Crippen LogP contribution in [-0.2, 0) is 16.0 Å². The van der Waals surface area contributed by atoms with Gasteiger partial charge in [-0.15, -0.1) is 0 Å². The summed E-state index contributed by atoms with van der Waals surface area (Å²) in [6.45, 7) is 0. The van der Waals surface area contributed by atoms with E-state index >= 15 is 0 Å². The number of carboxylic acid groups (broad SMARTS) is 1. The van der Waals surface area contributed by atoms with E-state index in [9.17, 15) is 27.9 Å². The van der Waals surface area contributed by atoms with Gasteiger partial charge in [0.2, 0.25) is 5.91 Å². The minimum absolute atomic E-state index is 0.118. The van der Waals surface area contributed by atoms with Gasteiger partial charge in [-0.1, -0.05) is 41.4 Å². The molecule has 1 amide bonds. The van der Waals surface area contributed by atoms with Crippen molar-refractivity contribution in [3.63, 3.8) is 0 Å². The molecule has 4 nitrogen and oxygen atoms in total. The van der Waals surface area contributed by atoms with E-state index in [1.54, 1.807) is 6.07 Å². The van der Waals surface area contributed by atoms with Gasteiger partial charge in [-0.2, -0.15) is 13.2 Å². The number of alkyl halides is 3. The maximum absolute atomic E-state index is 13.1. The molecule has 3 rings (SSSR count). The molecule has 1 unspecified atom stereocenters. The fourth-order valence-electron chi connectivity index (χ4n) is 3.51. The van der Waals surface area contributed by atoms with Gasteiger partial charge in [0.05, 0.1) is 29.0 Å². The van der Waals surface area contributed by atoms with Crippen molar-refractivity contribution in [2.45, 2.75) is 37.8 Å². The van der Waals surface area contributed by atoms with Crippen molar-refractivity contribution in [2.75, 3.05) is 5.32 Å². The number of halogens is 5. The van der Waals surface area contributed by atoms with Crippen LogP contribution in [0.2, 0.25) is 10.0 Å². The van der Waals surface area contributed by atoms with Gasteiger partial charge in [0, 0.05) is 5.02 Å². The van der Waals surface area contributed by atoms with Gasteiger partial charge >= 0.3 is 12.1 Å². The molecule has 2 aromatic rings. The van der Waals surface area contributed by atoms with Crippen molar-refractivity contribution in [1.29, 1.82) is 0 Å². The van der Waals surface area contributed by atoms with E-state index in [0.717, 1.165) is 12.8 Å². The molecule has 0 bridgehead atoms. The van der Waals surface area contributed by atoms with Gasteiger partial charge in [0.15, 0.2) is 0 Å². The van der Waals surface area contributed by atoms with Crippen molar-refractivity contribution >= 4 is 40.8 Å². The van der Waals surface area contributed by atoms with E-state index < -0.39 is 36.3 Å². The minimum Gasteiger partial charge on any atom is -0.481 e. The van der Waals surface area contributed by atoms with Gasteiger partial charge in [0.25, 0.3) is 0 Å². The first-order chi connectivity index (χ1) is 14.5. The summed E-state index contributed by atoms with van der Waals surface area (Å²) in [4.78, 5) is 24.3. The van der Waals surface area contributed by atoms with E-state index in [4.69, 9.17) is 23.2 Å². The summed E-state index contributed by atoms with van der Waals surface area (Å²) in [7, 11) is 0. The highest BCUT2D eigenvalue weighted by atomic mass is 35.5. The average molecular weight is 474 g/mol. The van der Waals surface area contributed by atoms with E-state index in [-0.39, 0.29) is 28.6 Å². The van der Waals surface area contributed by atoms with Crippen LogP contribution in [0.1, 0.15) is 36.3 Å². The number of benzene rings is 2. The molecule has 1 aliphatic rings. The van der Waals surface area contributed by atoms with Crippen molar-refractivity contribution in [3.05, 3.63) is 63.6 Å². The monoisotopic (exact) mass is 473 g/mol. The molecule has 1 aliphatic carbocycles. The summed E-state index contributed by atoms with van der Waals surface area (Å²) >= 11 is 12.0. The number of carbonyl (C=O) groups is 2. The molecular formula is C22H20Cl2F3NO3. The summed E-state index contributed by atoms with van der Waals surface area (Å²) in [5, 5.41) is 12.4. The molecule has 0 spiro atoms. The van der Waals surface area contributed by atoms with Gasteiger partial charge in [-0.25, -0.2) is 0 Å². The van der Waals surface area contributed by atoms with Crippen LogP contribution in [0.4, 0.5) is 18.9 Å². The maximum atomic E-state index is 13.1. The van der Waals surface area contributed by atoms with Crippen LogP contribution in [-0.4, -0.2) is 23.2 Å². The van der Waals surface area contributed by atoms with Crippen LogP contribution in [0.5, 0.6) is 0 Å². The van der Waals surface area contributed by atoms with E-state index in [0.29, 0.717) is 10.6 Å². The highest BCUT2D eigenvalue weighted by molar-refractivity contribution is 6.33. The van der Waals surface area contributed by atoms with Gasteiger partial charge in [-0.05, 0) is 60.6 Å². The number of amides is 1. The predicted octanol–water partition coefficient (Wildman–Crippen LogP) is 6.32. The first-order valence-corrected chi connectivity index (χ1v) is 10.4. The second kappa shape index (κ2) is 9.49. The van der Waals surface area contributed by atoms with Crippen LogP contribution in [0.3, 0.4) is 0 Å². The molecule has 0 saturated heterocycles. The smallest absolute Gasteiger partial charge is 0.390 e. The number of anilines is 1. The van der Waals surface area contributed by atoms with E-state index in [1.807, 2.05) is 0 Å². The Morgan fingerprint density at radius 1 is 1.10 bits per heavy atom. The summed E-state index contributed by atoms with van der Waals surface area (Å²) in [6.07, 6.45) is -3.95. The Morgan fingerprint density at radius 2 is 1.74 bits per heavy atom. The third-order valence-electron chi connectivity index (χ3n) is 5.28. The lowest BCUT2D eigenvalue weighted by Gasteiger charge is -2.20. The highest BCUT2D eigenvalue weighted by Gasteiger charge is 2.37. The van der Waals surface area contributed by atoms with Gasteiger partial charge in [0.1, 0.15) is 0 Å². The normalized spacial score (nSPS) is 15.9. The summed E-state index contributed by atoms with van der Waals surface area (Å²) in [5.41, 5.74) is 0.953. The Kier molecular flexibility index (Phi) is 7.17. The Labute approximate surface area is 187 Å². The Hall–Kier alpha value is -2.25. The third kappa shape index (κ3) is 6.61. The molecule has 31 heavy (non-hydrogen) atoms. The molecule has 0 radical (unpaired) electrons. The lowest BCUT2D eigenvalue weighted by molar-refractivity contribution is -0.146. The van der Waals surface area contributed by atoms with E-state index in [2.05, 4.69) is 5.32 Å². The number of hydrogen-bond acceptors (Lipinski definition) is 2. The average Bonchev–Trinajstić information content (AvgIpc) is 3.51. The molecule has 1 fully saturated rings. The maximum Gasteiger partial charge on any atom is 0.390 e. The van der Waals surface area contributed by atoms with Crippen LogP contribution in [0.25, 0.3) is 0 Å². The number of rotatable bonds is 8. The van der Waals surface area contributed by atoms with Gasteiger partial charge < -0.3 is 10.4 Å². The predicted molar refractivity (Wildman–Crippen MR) is 113 cm³/mol. The number of hydrogen-bond donors (Lipinski definition) is 2. The van der Waals surface area contributed by atoms with Crippen LogP contribution in [0, 0.1) is 11.8 Å². The SMILES string of the molecule is O=C(O)C(Cc1ccc(Cl)c(NC(=O)[C@@H](CC(F)(F)F)c2ccc(Cl)cc2)c1)C1CC1. The molecule has 1 saturated carbocycles. The Bertz CT molecular complexity index is 959. The van der Waals surface area contributed by atoms with Crippen LogP contribution >= 0.6 is 23.2 Å². The standard InChI is InChI=1S/C22H20Cl2F3NO3/c23-15-6-4-14(5-7-15)17(11-22(25,26)27)20(29)28-19-10-12(1-8-18(19)24)9-16(21(30)31)13-2-3-13/h1,4-8,10,13,16-17H,2-3,9,11H2,(H,28,29)(H,30,31)/t16?,17-/m0/s1. The van der Waals surface area contributed by atoms with E-state index in [1.165, 1.54) is 36.4 Å². The molecule has 9 heteroatoms. The summed E-state index contributed by atoms with van der Waals surface area (Å²) in [6, 6.07) is 10.3. The van der Waals surface area contributed by atoms with Crippen LogP contribution in [0.15, 0.2) is 42.5 Å². The first-order valence-electron chi connectivity index (χ1n) is 9.68. The lowest BCUT2D eigenvalue weighted by atomic mass is 9.93. The van der Waals surface area contributed by atoms with Crippen molar-refractivity contribution in [3.8, 4) is 0 Å². The largest absolute Gasteiger partial charge is 0.481 e. The number of carboxylic acids is 1. The second-order valence-corrected chi connectivity index (χ2v) is 8.56. The van der Waals surface area contributed by atoms with Gasteiger partial charge in [-0.3, -0.25) is 9.59 Å². The summed E-state index contributed by atoms with van der Waals surface area (Å²) in [5.74, 6) is -3.68. The van der Waals surface area contributed by atoms with Crippen molar-refractivity contribution < 1.29 is 27.9 Å². The molecule has 2 N–H and O–H groups in total. The van der Waals surface area contributed by atoms with Crippen LogP contribution < -0.4 is 5.32 Å². The molecule has 166 valence electrons. The zero-order valence-electron chi connectivity index (χ0n) is 16.3. The fraction of sp³-hybridized carbons (Fsp3) is 0.364. The first kappa shape index (κ1) is 23.4.